The maximum absolute atomic E-state index is 12.4. The molecule has 114 valence electrons. The maximum Gasteiger partial charge on any atom is 0.283 e. The molecule has 0 bridgehead atoms. The van der Waals surface area contributed by atoms with Crippen molar-refractivity contribution in [1.82, 2.24) is 5.43 Å². The number of benzene rings is 2. The normalized spacial score (nSPS) is 15.1. The van der Waals surface area contributed by atoms with Crippen LogP contribution in [-0.2, 0) is 6.42 Å². The van der Waals surface area contributed by atoms with Gasteiger partial charge in [0.1, 0.15) is 4.88 Å². The van der Waals surface area contributed by atoms with E-state index in [2.05, 4.69) is 16.6 Å². The summed E-state index contributed by atoms with van der Waals surface area (Å²) in [6.07, 6.45) is 1.81. The van der Waals surface area contributed by atoms with E-state index in [4.69, 9.17) is 11.6 Å². The lowest BCUT2D eigenvalue weighted by Gasteiger charge is -2.01. The van der Waals surface area contributed by atoms with E-state index in [-0.39, 0.29) is 5.91 Å². The number of rotatable bonds is 2. The van der Waals surface area contributed by atoms with Gasteiger partial charge in [0, 0.05) is 15.6 Å². The molecule has 0 radical (unpaired) electrons. The van der Waals surface area contributed by atoms with E-state index >= 15 is 0 Å². The van der Waals surface area contributed by atoms with Gasteiger partial charge in [0.15, 0.2) is 0 Å². The van der Waals surface area contributed by atoms with Crippen LogP contribution in [-0.4, -0.2) is 11.6 Å². The molecular formula is C18H13ClN2OS. The number of fused-ring (bicyclic) bond motifs is 2. The molecule has 1 aliphatic rings. The van der Waals surface area contributed by atoms with E-state index in [0.717, 1.165) is 34.2 Å². The number of hydrogen-bond acceptors (Lipinski definition) is 3. The number of hydrogen-bond donors (Lipinski definition) is 1. The van der Waals surface area contributed by atoms with Crippen molar-refractivity contribution in [3.05, 3.63) is 69.6 Å². The number of halogens is 1. The summed E-state index contributed by atoms with van der Waals surface area (Å²) in [6.45, 7) is 0. The summed E-state index contributed by atoms with van der Waals surface area (Å²) >= 11 is 7.72. The Morgan fingerprint density at radius 3 is 2.74 bits per heavy atom. The van der Waals surface area contributed by atoms with Crippen LogP contribution in [0.2, 0.25) is 5.02 Å². The maximum atomic E-state index is 12.4. The van der Waals surface area contributed by atoms with Gasteiger partial charge >= 0.3 is 0 Å². The summed E-state index contributed by atoms with van der Waals surface area (Å²) in [4.78, 5) is 12.9. The van der Waals surface area contributed by atoms with E-state index in [1.54, 1.807) is 0 Å². The van der Waals surface area contributed by atoms with Gasteiger partial charge in [-0.1, -0.05) is 54.1 Å². The highest BCUT2D eigenvalue weighted by Gasteiger charge is 2.19. The molecule has 2 aromatic carbocycles. The smallest absolute Gasteiger partial charge is 0.266 e. The zero-order chi connectivity index (χ0) is 15.8. The molecule has 1 amide bonds. The molecule has 0 atom stereocenters. The fourth-order valence-electron chi connectivity index (χ4n) is 2.85. The fourth-order valence-corrected chi connectivity index (χ4v) is 4.26. The third-order valence-corrected chi connectivity index (χ3v) is 5.67. The summed E-state index contributed by atoms with van der Waals surface area (Å²) in [7, 11) is 0. The molecule has 0 saturated carbocycles. The Morgan fingerprint density at radius 2 is 1.87 bits per heavy atom. The lowest BCUT2D eigenvalue weighted by molar-refractivity contribution is 0.0959. The van der Waals surface area contributed by atoms with Gasteiger partial charge in [-0.2, -0.15) is 5.10 Å². The molecule has 5 heteroatoms. The number of nitrogens with zero attached hydrogens (tertiary/aromatic N) is 1. The third kappa shape index (κ3) is 2.54. The predicted octanol–water partition coefficient (Wildman–Crippen LogP) is 4.64. The molecule has 3 nitrogen and oxygen atoms in total. The van der Waals surface area contributed by atoms with Gasteiger partial charge in [-0.05, 0) is 24.5 Å². The summed E-state index contributed by atoms with van der Waals surface area (Å²) in [5, 5.41) is 5.72. The van der Waals surface area contributed by atoms with Crippen molar-refractivity contribution >= 4 is 44.6 Å². The Bertz CT molecular complexity index is 945. The van der Waals surface area contributed by atoms with Gasteiger partial charge in [-0.3, -0.25) is 4.79 Å². The molecule has 4 rings (SSSR count). The van der Waals surface area contributed by atoms with Crippen LogP contribution >= 0.6 is 22.9 Å². The van der Waals surface area contributed by atoms with Gasteiger partial charge in [0.25, 0.3) is 5.91 Å². The average Bonchev–Trinajstić information content (AvgIpc) is 3.15. The van der Waals surface area contributed by atoms with Crippen LogP contribution in [0.3, 0.4) is 0 Å². The standard InChI is InChI=1S/C18H13ClN2OS/c19-16-13-7-3-4-8-15(13)23-17(16)18(22)21-20-14-10-9-11-5-1-2-6-12(11)14/h1-8H,9-10H2,(H,21,22)/b20-14-. The van der Waals surface area contributed by atoms with Crippen molar-refractivity contribution in [3.8, 4) is 0 Å². The number of hydrazone groups is 1. The second kappa shape index (κ2) is 5.80. The van der Waals surface area contributed by atoms with Crippen LogP contribution in [0.4, 0.5) is 0 Å². The zero-order valence-corrected chi connectivity index (χ0v) is 13.7. The van der Waals surface area contributed by atoms with Crippen LogP contribution in [0, 0.1) is 0 Å². The minimum Gasteiger partial charge on any atom is -0.266 e. The van der Waals surface area contributed by atoms with Gasteiger partial charge < -0.3 is 0 Å². The molecule has 1 aliphatic carbocycles. The highest BCUT2D eigenvalue weighted by molar-refractivity contribution is 7.21. The Morgan fingerprint density at radius 1 is 1.09 bits per heavy atom. The van der Waals surface area contributed by atoms with Crippen LogP contribution in [0.5, 0.6) is 0 Å². The van der Waals surface area contributed by atoms with Gasteiger partial charge in [-0.15, -0.1) is 11.3 Å². The van der Waals surface area contributed by atoms with Crippen LogP contribution < -0.4 is 5.43 Å². The molecule has 1 heterocycles. The lowest BCUT2D eigenvalue weighted by Crippen LogP contribution is -2.18. The predicted molar refractivity (Wildman–Crippen MR) is 95.6 cm³/mol. The molecule has 0 unspecified atom stereocenters. The molecule has 0 fully saturated rings. The minimum absolute atomic E-state index is 0.256. The topological polar surface area (TPSA) is 41.5 Å². The lowest BCUT2D eigenvalue weighted by atomic mass is 10.1. The van der Waals surface area contributed by atoms with Gasteiger partial charge in [0.2, 0.25) is 0 Å². The van der Waals surface area contributed by atoms with E-state index in [1.807, 2.05) is 42.5 Å². The minimum atomic E-state index is -0.256. The van der Waals surface area contributed by atoms with E-state index in [1.165, 1.54) is 16.9 Å². The Hall–Kier alpha value is -2.17. The summed E-state index contributed by atoms with van der Waals surface area (Å²) in [5.41, 5.74) is 5.98. The molecular weight excluding hydrogens is 328 g/mol. The molecule has 3 aromatic rings. The number of carbonyl (C=O) groups is 1. The number of aryl methyl sites for hydroxylation is 1. The van der Waals surface area contributed by atoms with Crippen LogP contribution in [0.15, 0.2) is 53.6 Å². The average molecular weight is 341 g/mol. The highest BCUT2D eigenvalue weighted by Crippen LogP contribution is 2.35. The van der Waals surface area contributed by atoms with Gasteiger partial charge in [-0.25, -0.2) is 5.43 Å². The number of nitrogens with one attached hydrogen (secondary N) is 1. The molecule has 1 N–H and O–H groups in total. The molecule has 23 heavy (non-hydrogen) atoms. The number of thiophene rings is 1. The monoisotopic (exact) mass is 340 g/mol. The second-order valence-electron chi connectivity index (χ2n) is 5.40. The van der Waals surface area contributed by atoms with Crippen molar-refractivity contribution in [2.75, 3.05) is 0 Å². The highest BCUT2D eigenvalue weighted by atomic mass is 35.5. The molecule has 0 aliphatic heterocycles. The van der Waals surface area contributed by atoms with Crippen LogP contribution in [0.25, 0.3) is 10.1 Å². The Labute approximate surface area is 142 Å². The van der Waals surface area contributed by atoms with Gasteiger partial charge in [0.05, 0.1) is 10.7 Å². The van der Waals surface area contributed by atoms with Crippen molar-refractivity contribution in [2.24, 2.45) is 5.10 Å². The van der Waals surface area contributed by atoms with Crippen molar-refractivity contribution < 1.29 is 4.79 Å². The largest absolute Gasteiger partial charge is 0.283 e. The molecule has 0 saturated heterocycles. The van der Waals surface area contributed by atoms with Crippen LogP contribution in [0.1, 0.15) is 27.2 Å². The first-order chi connectivity index (χ1) is 11.2. The Balaban J connectivity index is 1.61. The van der Waals surface area contributed by atoms with Crippen molar-refractivity contribution in [2.45, 2.75) is 12.8 Å². The summed E-state index contributed by atoms with van der Waals surface area (Å²) in [6, 6.07) is 15.9. The van der Waals surface area contributed by atoms with Crippen molar-refractivity contribution in [1.29, 1.82) is 0 Å². The third-order valence-electron chi connectivity index (χ3n) is 3.99. The van der Waals surface area contributed by atoms with E-state index < -0.39 is 0 Å². The van der Waals surface area contributed by atoms with E-state index in [9.17, 15) is 4.79 Å². The first-order valence-corrected chi connectivity index (χ1v) is 8.55. The van der Waals surface area contributed by atoms with E-state index in [0.29, 0.717) is 9.90 Å². The molecule has 1 aromatic heterocycles. The first-order valence-electron chi connectivity index (χ1n) is 7.36. The Kier molecular flexibility index (Phi) is 3.63. The number of amides is 1. The quantitative estimate of drug-likeness (QED) is 0.679. The van der Waals surface area contributed by atoms with Crippen molar-refractivity contribution in [3.63, 3.8) is 0 Å². The first kappa shape index (κ1) is 14.4. The zero-order valence-electron chi connectivity index (χ0n) is 12.2. The SMILES string of the molecule is O=C(N/N=C1/CCc2ccccc21)c1sc2ccccc2c1Cl. The second-order valence-corrected chi connectivity index (χ2v) is 6.83. The summed E-state index contributed by atoms with van der Waals surface area (Å²) < 4.78 is 1.00. The number of carbonyl (C=O) groups excluding carboxylic acids is 1. The fraction of sp³-hybridized carbons (Fsp3) is 0.111. The summed E-state index contributed by atoms with van der Waals surface area (Å²) in [5.74, 6) is -0.256. The molecule has 0 spiro atoms.